The molecule has 2 unspecified atom stereocenters. The lowest BCUT2D eigenvalue weighted by Crippen LogP contribution is -2.58. The smallest absolute Gasteiger partial charge is 0.324 e. The van der Waals surface area contributed by atoms with Crippen molar-refractivity contribution in [2.75, 3.05) is 6.54 Å². The van der Waals surface area contributed by atoms with E-state index in [2.05, 4.69) is 12.2 Å². The van der Waals surface area contributed by atoms with Gasteiger partial charge in [-0.05, 0) is 44.1 Å². The summed E-state index contributed by atoms with van der Waals surface area (Å²) in [5.41, 5.74) is -0.624. The van der Waals surface area contributed by atoms with E-state index in [0.29, 0.717) is 0 Å². The van der Waals surface area contributed by atoms with Gasteiger partial charge in [0.2, 0.25) is 0 Å². The van der Waals surface area contributed by atoms with Crippen molar-refractivity contribution < 1.29 is 9.90 Å². The first-order valence-electron chi connectivity index (χ1n) is 6.13. The number of carboxylic acids is 1. The Labute approximate surface area is 91.2 Å². The van der Waals surface area contributed by atoms with Crippen LogP contribution in [-0.2, 0) is 4.79 Å². The number of carbonyl (C=O) groups is 1. The zero-order valence-corrected chi connectivity index (χ0v) is 9.46. The van der Waals surface area contributed by atoms with Crippen LogP contribution < -0.4 is 5.32 Å². The number of aliphatic carboxylic acids is 1. The van der Waals surface area contributed by atoms with E-state index in [-0.39, 0.29) is 5.92 Å². The van der Waals surface area contributed by atoms with Crippen molar-refractivity contribution in [1.29, 1.82) is 0 Å². The number of carboxylic acid groups (broad SMARTS) is 1. The fraction of sp³-hybridized carbons (Fsp3) is 0.917. The summed E-state index contributed by atoms with van der Waals surface area (Å²) >= 11 is 0. The molecule has 3 heteroatoms. The number of hydrogen-bond acceptors (Lipinski definition) is 2. The lowest BCUT2D eigenvalue weighted by Gasteiger charge is -2.40. The molecule has 2 N–H and O–H groups in total. The van der Waals surface area contributed by atoms with Crippen LogP contribution in [-0.4, -0.2) is 23.2 Å². The van der Waals surface area contributed by atoms with Gasteiger partial charge in [0.25, 0.3) is 0 Å². The van der Waals surface area contributed by atoms with Crippen molar-refractivity contribution in [3.63, 3.8) is 0 Å². The highest BCUT2D eigenvalue weighted by molar-refractivity contribution is 5.79. The standard InChI is InChI=1S/C12H21NO2/c1-9-4-2-3-7-12(9,11(14)15)13-8-10-5-6-10/h9-10,13H,2-8H2,1H3,(H,14,15). The molecular weight excluding hydrogens is 190 g/mol. The van der Waals surface area contributed by atoms with Crippen molar-refractivity contribution in [2.45, 2.75) is 51.0 Å². The number of nitrogens with one attached hydrogen (secondary N) is 1. The first-order chi connectivity index (χ1) is 7.15. The molecule has 0 aromatic carbocycles. The molecule has 0 amide bonds. The van der Waals surface area contributed by atoms with Crippen molar-refractivity contribution in [3.05, 3.63) is 0 Å². The van der Waals surface area contributed by atoms with E-state index in [1.54, 1.807) is 0 Å². The van der Waals surface area contributed by atoms with Gasteiger partial charge in [-0.1, -0.05) is 19.8 Å². The SMILES string of the molecule is CC1CCCCC1(NCC1CC1)C(=O)O. The number of rotatable bonds is 4. The van der Waals surface area contributed by atoms with E-state index >= 15 is 0 Å². The maximum Gasteiger partial charge on any atom is 0.324 e. The van der Waals surface area contributed by atoms with Gasteiger partial charge in [-0.25, -0.2) is 0 Å². The van der Waals surface area contributed by atoms with Crippen LogP contribution in [0.25, 0.3) is 0 Å². The highest BCUT2D eigenvalue weighted by Gasteiger charge is 2.45. The minimum atomic E-state index is -0.643. The van der Waals surface area contributed by atoms with Crippen molar-refractivity contribution >= 4 is 5.97 Å². The van der Waals surface area contributed by atoms with Crippen molar-refractivity contribution in [1.82, 2.24) is 5.32 Å². The monoisotopic (exact) mass is 211 g/mol. The molecule has 0 aromatic heterocycles. The van der Waals surface area contributed by atoms with Gasteiger partial charge in [0.05, 0.1) is 0 Å². The molecule has 0 bridgehead atoms. The molecule has 2 saturated carbocycles. The van der Waals surface area contributed by atoms with Crippen LogP contribution >= 0.6 is 0 Å². The molecule has 2 rings (SSSR count). The Bertz CT molecular complexity index is 250. The third-order valence-electron chi connectivity index (χ3n) is 4.08. The first kappa shape index (κ1) is 10.9. The van der Waals surface area contributed by atoms with Gasteiger partial charge in [-0.2, -0.15) is 0 Å². The third-order valence-corrected chi connectivity index (χ3v) is 4.08. The molecule has 0 saturated heterocycles. The van der Waals surface area contributed by atoms with Gasteiger partial charge < -0.3 is 10.4 Å². The van der Waals surface area contributed by atoms with Gasteiger partial charge >= 0.3 is 5.97 Å². The maximum absolute atomic E-state index is 11.5. The predicted octanol–water partition coefficient (Wildman–Crippen LogP) is 2.02. The average Bonchev–Trinajstić information content (AvgIpc) is 3.00. The molecule has 0 aromatic rings. The van der Waals surface area contributed by atoms with Crippen molar-refractivity contribution in [2.24, 2.45) is 11.8 Å². The van der Waals surface area contributed by atoms with E-state index in [4.69, 9.17) is 0 Å². The van der Waals surface area contributed by atoms with Gasteiger partial charge in [-0.3, -0.25) is 4.79 Å². The average molecular weight is 211 g/mol. The summed E-state index contributed by atoms with van der Waals surface area (Å²) in [6.07, 6.45) is 6.63. The Kier molecular flexibility index (Phi) is 3.01. The second-order valence-corrected chi connectivity index (χ2v) is 5.25. The lowest BCUT2D eigenvalue weighted by atomic mass is 9.73. The highest BCUT2D eigenvalue weighted by atomic mass is 16.4. The third kappa shape index (κ3) is 2.17. The van der Waals surface area contributed by atoms with Crippen LogP contribution in [0, 0.1) is 11.8 Å². The zero-order valence-electron chi connectivity index (χ0n) is 9.46. The Morgan fingerprint density at radius 3 is 2.67 bits per heavy atom. The van der Waals surface area contributed by atoms with E-state index in [9.17, 15) is 9.90 Å². The van der Waals surface area contributed by atoms with E-state index < -0.39 is 11.5 Å². The molecule has 2 atom stereocenters. The Morgan fingerprint density at radius 2 is 2.13 bits per heavy atom. The van der Waals surface area contributed by atoms with Crippen LogP contribution in [0.4, 0.5) is 0 Å². The largest absolute Gasteiger partial charge is 0.480 e. The van der Waals surface area contributed by atoms with E-state index in [1.165, 1.54) is 19.3 Å². The van der Waals surface area contributed by atoms with Crippen LogP contribution in [0.5, 0.6) is 0 Å². The Balaban J connectivity index is 2.02. The Hall–Kier alpha value is -0.570. The zero-order chi connectivity index (χ0) is 10.9. The van der Waals surface area contributed by atoms with Gasteiger partial charge in [-0.15, -0.1) is 0 Å². The molecule has 2 fully saturated rings. The highest BCUT2D eigenvalue weighted by Crippen LogP contribution is 2.35. The van der Waals surface area contributed by atoms with Crippen LogP contribution in [0.3, 0.4) is 0 Å². The van der Waals surface area contributed by atoms with Crippen LogP contribution in [0.15, 0.2) is 0 Å². The molecule has 0 spiro atoms. The molecule has 3 nitrogen and oxygen atoms in total. The van der Waals surface area contributed by atoms with Crippen molar-refractivity contribution in [3.8, 4) is 0 Å². The molecule has 2 aliphatic rings. The minimum Gasteiger partial charge on any atom is -0.480 e. The maximum atomic E-state index is 11.5. The molecule has 0 heterocycles. The second kappa shape index (κ2) is 4.12. The molecule has 86 valence electrons. The van der Waals surface area contributed by atoms with Gasteiger partial charge in [0.1, 0.15) is 5.54 Å². The Morgan fingerprint density at radius 1 is 1.40 bits per heavy atom. The fourth-order valence-corrected chi connectivity index (χ4v) is 2.65. The molecule has 15 heavy (non-hydrogen) atoms. The molecule has 0 aliphatic heterocycles. The van der Waals surface area contributed by atoms with Crippen LogP contribution in [0.1, 0.15) is 45.4 Å². The van der Waals surface area contributed by atoms with E-state index in [1.807, 2.05) is 0 Å². The second-order valence-electron chi connectivity index (χ2n) is 5.25. The van der Waals surface area contributed by atoms with Crippen LogP contribution in [0.2, 0.25) is 0 Å². The van der Waals surface area contributed by atoms with Gasteiger partial charge in [0.15, 0.2) is 0 Å². The normalized spacial score (nSPS) is 36.5. The molecule has 0 radical (unpaired) electrons. The summed E-state index contributed by atoms with van der Waals surface area (Å²) in [6, 6.07) is 0. The summed E-state index contributed by atoms with van der Waals surface area (Å²) in [6.45, 7) is 2.98. The molecule has 2 aliphatic carbocycles. The lowest BCUT2D eigenvalue weighted by molar-refractivity contribution is -0.149. The number of hydrogen-bond donors (Lipinski definition) is 2. The fourth-order valence-electron chi connectivity index (χ4n) is 2.65. The molecular formula is C12H21NO2. The quantitative estimate of drug-likeness (QED) is 0.748. The van der Waals surface area contributed by atoms with E-state index in [0.717, 1.165) is 31.7 Å². The first-order valence-corrected chi connectivity index (χ1v) is 6.13. The minimum absolute atomic E-state index is 0.266. The predicted molar refractivity (Wildman–Crippen MR) is 58.7 cm³/mol. The summed E-state index contributed by atoms with van der Waals surface area (Å²) in [7, 11) is 0. The summed E-state index contributed by atoms with van der Waals surface area (Å²) < 4.78 is 0. The van der Waals surface area contributed by atoms with Gasteiger partial charge in [0, 0.05) is 0 Å². The summed E-state index contributed by atoms with van der Waals surface area (Å²) in [5, 5.41) is 12.8. The summed E-state index contributed by atoms with van der Waals surface area (Å²) in [4.78, 5) is 11.5. The topological polar surface area (TPSA) is 49.3 Å². The summed E-state index contributed by atoms with van der Waals surface area (Å²) in [5.74, 6) is 0.369.